The molecule has 1 atom stereocenters. The molecule has 43 heavy (non-hydrogen) atoms. The maximum atomic E-state index is 13.2. The molecule has 0 unspecified atom stereocenters. The summed E-state index contributed by atoms with van der Waals surface area (Å²) in [5.74, 6) is 0.168. The van der Waals surface area contributed by atoms with Crippen LogP contribution in [0.3, 0.4) is 0 Å². The quantitative estimate of drug-likeness (QED) is 0.118. The van der Waals surface area contributed by atoms with Gasteiger partial charge in [0.2, 0.25) is 15.9 Å². The summed E-state index contributed by atoms with van der Waals surface area (Å²) < 4.78 is 36.2. The molecule has 0 saturated heterocycles. The van der Waals surface area contributed by atoms with Gasteiger partial charge in [-0.05, 0) is 59.2 Å². The first-order chi connectivity index (χ1) is 20.8. The zero-order valence-electron chi connectivity index (χ0n) is 23.4. The smallest absolute Gasteiger partial charge is 0.242 e. The molecule has 9 heteroatoms. The van der Waals surface area contributed by atoms with E-state index in [1.807, 2.05) is 73.7 Å². The summed E-state index contributed by atoms with van der Waals surface area (Å²) in [7, 11) is -3.88. The number of hydrazone groups is 1. The van der Waals surface area contributed by atoms with E-state index >= 15 is 0 Å². The van der Waals surface area contributed by atoms with Gasteiger partial charge in [-0.25, -0.2) is 18.6 Å². The Kier molecular flexibility index (Phi) is 9.66. The standard InChI is InChI=1S/C34H30BrN3O4S/c1-24-11-18-29(19-12-24)43(40,41)38-32(27-8-3-2-4-9-27)21-34(39)37-36-22-31-30-10-6-5-7-26(30)15-20-33(31)42-23-25-13-16-28(35)17-14-25/h2-20,22,32,38H,21,23H2,1H3,(H,37,39)/b36-22-/t32-/m0/s1. The first kappa shape index (κ1) is 30.2. The number of rotatable bonds is 11. The molecule has 2 N–H and O–H groups in total. The van der Waals surface area contributed by atoms with Crippen LogP contribution in [0.4, 0.5) is 0 Å². The van der Waals surface area contributed by atoms with Crippen molar-refractivity contribution in [3.05, 3.63) is 142 Å². The lowest BCUT2D eigenvalue weighted by atomic mass is 10.0. The number of nitrogens with one attached hydrogen (secondary N) is 2. The lowest BCUT2D eigenvalue weighted by Gasteiger charge is -2.18. The van der Waals surface area contributed by atoms with Gasteiger partial charge in [0, 0.05) is 16.5 Å². The molecule has 0 radical (unpaired) electrons. The average molecular weight is 657 g/mol. The van der Waals surface area contributed by atoms with Crippen LogP contribution in [0.2, 0.25) is 0 Å². The molecule has 5 rings (SSSR count). The normalized spacial score (nSPS) is 12.3. The van der Waals surface area contributed by atoms with Crippen molar-refractivity contribution in [2.75, 3.05) is 0 Å². The molecule has 5 aromatic carbocycles. The van der Waals surface area contributed by atoms with Crippen LogP contribution >= 0.6 is 15.9 Å². The highest BCUT2D eigenvalue weighted by atomic mass is 79.9. The maximum Gasteiger partial charge on any atom is 0.242 e. The number of aryl methyl sites for hydroxylation is 1. The number of hydrogen-bond acceptors (Lipinski definition) is 5. The number of hydrogen-bond donors (Lipinski definition) is 2. The van der Waals surface area contributed by atoms with Crippen LogP contribution in [0.1, 0.15) is 34.7 Å². The van der Waals surface area contributed by atoms with Gasteiger partial charge in [0.15, 0.2) is 0 Å². The van der Waals surface area contributed by atoms with E-state index in [1.165, 1.54) is 0 Å². The van der Waals surface area contributed by atoms with Gasteiger partial charge in [-0.1, -0.05) is 106 Å². The second-order valence-electron chi connectivity index (χ2n) is 10.0. The molecule has 218 valence electrons. The third-order valence-electron chi connectivity index (χ3n) is 6.84. The summed E-state index contributed by atoms with van der Waals surface area (Å²) >= 11 is 3.45. The number of benzene rings is 5. The van der Waals surface area contributed by atoms with Gasteiger partial charge >= 0.3 is 0 Å². The van der Waals surface area contributed by atoms with Gasteiger partial charge in [-0.3, -0.25) is 4.79 Å². The van der Waals surface area contributed by atoms with Crippen LogP contribution in [-0.2, 0) is 21.4 Å². The second-order valence-corrected chi connectivity index (χ2v) is 12.6. The lowest BCUT2D eigenvalue weighted by Crippen LogP contribution is -2.32. The molecule has 0 spiro atoms. The minimum absolute atomic E-state index is 0.129. The van der Waals surface area contributed by atoms with E-state index in [9.17, 15) is 13.2 Å². The minimum atomic E-state index is -3.88. The van der Waals surface area contributed by atoms with Crippen molar-refractivity contribution in [1.29, 1.82) is 0 Å². The summed E-state index contributed by atoms with van der Waals surface area (Å²) in [5, 5.41) is 6.16. The van der Waals surface area contributed by atoms with E-state index in [2.05, 4.69) is 31.2 Å². The topological polar surface area (TPSA) is 96.9 Å². The molecule has 0 bridgehead atoms. The maximum absolute atomic E-state index is 13.2. The van der Waals surface area contributed by atoms with Gasteiger partial charge in [-0.15, -0.1) is 0 Å². The first-order valence-corrected chi connectivity index (χ1v) is 15.9. The number of fused-ring (bicyclic) bond motifs is 1. The zero-order valence-corrected chi connectivity index (χ0v) is 25.8. The third kappa shape index (κ3) is 7.95. The summed E-state index contributed by atoms with van der Waals surface area (Å²) in [6.07, 6.45) is 1.40. The number of amides is 1. The monoisotopic (exact) mass is 655 g/mol. The van der Waals surface area contributed by atoms with Gasteiger partial charge in [0.05, 0.1) is 17.2 Å². The number of sulfonamides is 1. The van der Waals surface area contributed by atoms with E-state index < -0.39 is 22.0 Å². The van der Waals surface area contributed by atoms with Crippen LogP contribution in [0.15, 0.2) is 130 Å². The Labute approximate surface area is 259 Å². The Morgan fingerprint density at radius 2 is 1.58 bits per heavy atom. The van der Waals surface area contributed by atoms with E-state index in [0.717, 1.165) is 31.9 Å². The molecule has 0 heterocycles. The summed E-state index contributed by atoms with van der Waals surface area (Å²) in [5.41, 5.74) is 5.91. The van der Waals surface area contributed by atoms with Crippen molar-refractivity contribution in [2.24, 2.45) is 5.10 Å². The van der Waals surface area contributed by atoms with E-state index in [-0.39, 0.29) is 11.3 Å². The second kappa shape index (κ2) is 13.8. The van der Waals surface area contributed by atoms with E-state index in [1.54, 1.807) is 54.7 Å². The summed E-state index contributed by atoms with van der Waals surface area (Å²) in [4.78, 5) is 13.2. The molecule has 0 aliphatic heterocycles. The average Bonchev–Trinajstić information content (AvgIpc) is 3.01. The Bertz CT molecular complexity index is 1840. The van der Waals surface area contributed by atoms with Crippen LogP contribution in [-0.4, -0.2) is 20.5 Å². The van der Waals surface area contributed by atoms with E-state index in [0.29, 0.717) is 17.9 Å². The van der Waals surface area contributed by atoms with Gasteiger partial charge in [-0.2, -0.15) is 5.10 Å². The number of carbonyl (C=O) groups is 1. The van der Waals surface area contributed by atoms with Crippen molar-refractivity contribution < 1.29 is 17.9 Å². The highest BCUT2D eigenvalue weighted by Crippen LogP contribution is 2.28. The fourth-order valence-corrected chi connectivity index (χ4v) is 6.05. The fourth-order valence-electron chi connectivity index (χ4n) is 4.56. The molecule has 0 aliphatic carbocycles. The molecule has 0 fully saturated rings. The zero-order chi connectivity index (χ0) is 30.2. The largest absolute Gasteiger partial charge is 0.488 e. The van der Waals surface area contributed by atoms with Crippen molar-refractivity contribution in [2.45, 2.75) is 30.9 Å². The third-order valence-corrected chi connectivity index (χ3v) is 8.86. The van der Waals surface area contributed by atoms with Crippen LogP contribution in [0.5, 0.6) is 5.75 Å². The number of halogens is 1. The Hall–Kier alpha value is -4.31. The highest BCUT2D eigenvalue weighted by molar-refractivity contribution is 9.10. The molecular formula is C34H30BrN3O4S. The van der Waals surface area contributed by atoms with Crippen LogP contribution < -0.4 is 14.9 Å². The number of carbonyl (C=O) groups excluding carboxylic acids is 1. The molecular weight excluding hydrogens is 626 g/mol. The summed E-state index contributed by atoms with van der Waals surface area (Å²) in [6.45, 7) is 2.25. The molecule has 0 aromatic heterocycles. The van der Waals surface area contributed by atoms with Gasteiger partial charge < -0.3 is 4.74 Å². The predicted octanol–water partition coefficient (Wildman–Crippen LogP) is 7.05. The minimum Gasteiger partial charge on any atom is -0.488 e. The number of nitrogens with zero attached hydrogens (tertiary/aromatic N) is 1. The predicted molar refractivity (Wildman–Crippen MR) is 173 cm³/mol. The summed E-state index contributed by atoms with van der Waals surface area (Å²) in [6, 6.07) is 34.3. The highest BCUT2D eigenvalue weighted by Gasteiger charge is 2.23. The molecule has 0 saturated carbocycles. The molecule has 5 aromatic rings. The van der Waals surface area contributed by atoms with Gasteiger partial charge in [0.1, 0.15) is 12.4 Å². The lowest BCUT2D eigenvalue weighted by molar-refractivity contribution is -0.121. The van der Waals surface area contributed by atoms with Crippen molar-refractivity contribution in [3.63, 3.8) is 0 Å². The molecule has 1 amide bonds. The van der Waals surface area contributed by atoms with Gasteiger partial charge in [0.25, 0.3) is 0 Å². The van der Waals surface area contributed by atoms with Crippen molar-refractivity contribution in [1.82, 2.24) is 10.1 Å². The molecule has 7 nitrogen and oxygen atoms in total. The Morgan fingerprint density at radius 3 is 2.33 bits per heavy atom. The van der Waals surface area contributed by atoms with Crippen molar-refractivity contribution >= 4 is 48.8 Å². The number of ether oxygens (including phenoxy) is 1. The van der Waals surface area contributed by atoms with Crippen LogP contribution in [0, 0.1) is 6.92 Å². The van der Waals surface area contributed by atoms with Crippen molar-refractivity contribution in [3.8, 4) is 5.75 Å². The molecule has 0 aliphatic rings. The first-order valence-electron chi connectivity index (χ1n) is 13.6. The van der Waals surface area contributed by atoms with Crippen LogP contribution in [0.25, 0.3) is 10.8 Å². The fraction of sp³-hybridized carbons (Fsp3) is 0.118. The Morgan fingerprint density at radius 1 is 0.884 bits per heavy atom. The van der Waals surface area contributed by atoms with E-state index in [4.69, 9.17) is 4.74 Å². The SMILES string of the molecule is Cc1ccc(S(=O)(=O)N[C@@H](CC(=O)N/N=C\c2c(OCc3ccc(Br)cc3)ccc3ccccc23)c2ccccc2)cc1. The Balaban J connectivity index is 1.33.